The van der Waals surface area contributed by atoms with Crippen molar-refractivity contribution in [3.05, 3.63) is 30.1 Å². The number of benzene rings is 1. The smallest absolute Gasteiger partial charge is 0.416 e. The van der Waals surface area contributed by atoms with E-state index in [1.165, 1.54) is 12.4 Å². The van der Waals surface area contributed by atoms with Crippen LogP contribution in [0, 0.1) is 11.8 Å². The minimum Gasteiger partial charge on any atom is -0.444 e. The molecule has 3 fully saturated rings. The normalized spacial score (nSPS) is 26.6. The number of anilines is 1. The topological polar surface area (TPSA) is 138 Å². The quantitative estimate of drug-likeness (QED) is 0.275. The second-order valence-corrected chi connectivity index (χ2v) is 15.2. The molecule has 4 atom stereocenters. The predicted octanol–water partition coefficient (Wildman–Crippen LogP) is 5.40. The summed E-state index contributed by atoms with van der Waals surface area (Å²) in [6.45, 7) is 11.0. The minimum atomic E-state index is -4.53. The molecule has 3 aliphatic rings. The molecule has 1 saturated heterocycles. The number of aromatic nitrogens is 2. The molecule has 0 spiro atoms. The van der Waals surface area contributed by atoms with Crippen LogP contribution in [0.25, 0.3) is 10.9 Å². The number of nitrogens with zero attached hydrogens (tertiary/aromatic N) is 3. The number of alkyl carbamates (subject to hydrolysis) is 1. The molecule has 0 radical (unpaired) electrons. The Kier molecular flexibility index (Phi) is 11.2. The van der Waals surface area contributed by atoms with Crippen LogP contribution >= 0.6 is 0 Å². The van der Waals surface area contributed by atoms with Gasteiger partial charge in [0.05, 0.1) is 23.2 Å². The molecule has 1 aromatic carbocycles. The van der Waals surface area contributed by atoms with Crippen LogP contribution in [0.15, 0.2) is 24.5 Å². The number of halogens is 3. The third-order valence-corrected chi connectivity index (χ3v) is 9.69. The summed E-state index contributed by atoms with van der Waals surface area (Å²) in [4.78, 5) is 49.9. The van der Waals surface area contributed by atoms with E-state index in [-0.39, 0.29) is 53.1 Å². The molecule has 2 heterocycles. The average Bonchev–Trinajstić information content (AvgIpc) is 3.38. The van der Waals surface area contributed by atoms with Crippen LogP contribution in [-0.4, -0.2) is 81.7 Å². The summed E-state index contributed by atoms with van der Waals surface area (Å²) < 4.78 is 45.8. The Morgan fingerprint density at radius 3 is 2.37 bits per heavy atom. The van der Waals surface area contributed by atoms with Gasteiger partial charge in [-0.1, -0.05) is 13.8 Å². The SMILES string of the molecule is CC(C)CN[C@@H]1CC[C@H](N2CC[C@H](Nc3ncnc4ccc(C(F)(F)F)cc34)C2=O)[C@H](NC(=O)C2CCC(NC(=O)OC(C)(C)C)CC2)C1. The first-order valence-corrected chi connectivity index (χ1v) is 17.5. The number of carbonyl (C=O) groups excluding carboxylic acids is 3. The van der Waals surface area contributed by atoms with Gasteiger partial charge in [0.15, 0.2) is 0 Å². The summed E-state index contributed by atoms with van der Waals surface area (Å²) in [6, 6.07) is 2.28. The van der Waals surface area contributed by atoms with Gasteiger partial charge >= 0.3 is 12.3 Å². The molecule has 0 unspecified atom stereocenters. The first kappa shape index (κ1) is 36.6. The lowest BCUT2D eigenvalue weighted by Gasteiger charge is -2.42. The molecule has 1 aliphatic heterocycles. The maximum Gasteiger partial charge on any atom is 0.416 e. The van der Waals surface area contributed by atoms with Crippen molar-refractivity contribution in [3.8, 4) is 0 Å². The summed E-state index contributed by atoms with van der Waals surface area (Å²) in [6.07, 6.45) is 1.59. The van der Waals surface area contributed by atoms with Crippen molar-refractivity contribution >= 4 is 34.6 Å². The number of alkyl halides is 3. The molecule has 0 bridgehead atoms. The fourth-order valence-corrected chi connectivity index (χ4v) is 7.22. The molecule has 11 nitrogen and oxygen atoms in total. The summed E-state index contributed by atoms with van der Waals surface area (Å²) in [5, 5.41) is 13.2. The highest BCUT2D eigenvalue weighted by atomic mass is 19.4. The van der Waals surface area contributed by atoms with Crippen LogP contribution < -0.4 is 21.3 Å². The van der Waals surface area contributed by atoms with Gasteiger partial charge in [-0.05, 0) is 103 Å². The Morgan fingerprint density at radius 1 is 0.980 bits per heavy atom. The van der Waals surface area contributed by atoms with Gasteiger partial charge in [0.2, 0.25) is 11.8 Å². The summed E-state index contributed by atoms with van der Waals surface area (Å²) in [5.74, 6) is 0.249. The van der Waals surface area contributed by atoms with E-state index in [4.69, 9.17) is 4.74 Å². The maximum atomic E-state index is 13.9. The second-order valence-electron chi connectivity index (χ2n) is 15.2. The number of hydrogen-bond donors (Lipinski definition) is 4. The van der Waals surface area contributed by atoms with E-state index in [1.54, 1.807) is 0 Å². The number of rotatable bonds is 9. The Hall–Kier alpha value is -3.68. The van der Waals surface area contributed by atoms with Crippen LogP contribution in [-0.2, 0) is 20.5 Å². The van der Waals surface area contributed by atoms with Crippen molar-refractivity contribution in [1.29, 1.82) is 0 Å². The molecule has 1 aromatic heterocycles. The van der Waals surface area contributed by atoms with Crippen molar-refractivity contribution in [3.63, 3.8) is 0 Å². The highest BCUT2D eigenvalue weighted by Gasteiger charge is 2.43. The highest BCUT2D eigenvalue weighted by molar-refractivity contribution is 5.93. The Morgan fingerprint density at radius 2 is 1.69 bits per heavy atom. The first-order valence-electron chi connectivity index (χ1n) is 17.5. The van der Waals surface area contributed by atoms with Gasteiger partial charge in [-0.3, -0.25) is 9.59 Å². The summed E-state index contributed by atoms with van der Waals surface area (Å²) >= 11 is 0. The lowest BCUT2D eigenvalue weighted by Crippen LogP contribution is -2.59. The van der Waals surface area contributed by atoms with Crippen molar-refractivity contribution in [2.75, 3.05) is 18.4 Å². The van der Waals surface area contributed by atoms with Crippen molar-refractivity contribution in [1.82, 2.24) is 30.8 Å². The van der Waals surface area contributed by atoms with Gasteiger partial charge in [0.25, 0.3) is 0 Å². The number of hydrogen-bond acceptors (Lipinski definition) is 8. The maximum absolute atomic E-state index is 13.9. The van der Waals surface area contributed by atoms with Gasteiger partial charge < -0.3 is 30.9 Å². The van der Waals surface area contributed by atoms with Crippen LogP contribution in [0.5, 0.6) is 0 Å². The molecule has 14 heteroatoms. The predicted molar refractivity (Wildman–Crippen MR) is 180 cm³/mol. The third-order valence-electron chi connectivity index (χ3n) is 9.69. The van der Waals surface area contributed by atoms with E-state index in [1.807, 2.05) is 25.7 Å². The van der Waals surface area contributed by atoms with Crippen LogP contribution in [0.3, 0.4) is 0 Å². The van der Waals surface area contributed by atoms with Gasteiger partial charge in [0, 0.05) is 29.9 Å². The summed E-state index contributed by atoms with van der Waals surface area (Å²) in [7, 11) is 0. The van der Waals surface area contributed by atoms with Gasteiger partial charge in [-0.15, -0.1) is 0 Å². The molecule has 4 N–H and O–H groups in total. The Balaban J connectivity index is 1.24. The Bertz CT molecular complexity index is 1490. The van der Waals surface area contributed by atoms with Crippen LogP contribution in [0.4, 0.5) is 23.8 Å². The molecule has 2 saturated carbocycles. The fraction of sp³-hybridized carbons (Fsp3) is 0.686. The number of carbonyl (C=O) groups is 3. The van der Waals surface area contributed by atoms with E-state index in [2.05, 4.69) is 45.1 Å². The number of likely N-dealkylation sites (tertiary alicyclic amines) is 1. The third kappa shape index (κ3) is 9.52. The highest BCUT2D eigenvalue weighted by Crippen LogP contribution is 2.34. The van der Waals surface area contributed by atoms with Crippen molar-refractivity contribution in [2.45, 2.75) is 128 Å². The number of nitrogens with one attached hydrogen (secondary N) is 4. The standard InChI is InChI=1S/C35H50F3N7O4/c1-20(2)18-39-24-11-13-29(28(17-24)44-31(46)21-6-9-23(10-7-21)42-33(48)49-34(3,4)5)45-15-14-27(32(45)47)43-30-25-16-22(35(36,37)38)8-12-26(25)40-19-41-30/h8,12,16,19-21,23-24,27-29,39H,6-7,9-11,13-15,17-18H2,1-5H3,(H,42,48)(H,44,46)(H,40,41,43)/t21?,23?,24-,27+,28-,29+/m1/s1. The van der Waals surface area contributed by atoms with Gasteiger partial charge in [-0.25, -0.2) is 14.8 Å². The zero-order chi connectivity index (χ0) is 35.5. The molecule has 3 amide bonds. The largest absolute Gasteiger partial charge is 0.444 e. The monoisotopic (exact) mass is 689 g/mol. The molecule has 270 valence electrons. The molecule has 5 rings (SSSR count). The first-order chi connectivity index (χ1) is 23.1. The number of amides is 3. The van der Waals surface area contributed by atoms with E-state index in [0.29, 0.717) is 62.9 Å². The Labute approximate surface area is 285 Å². The van der Waals surface area contributed by atoms with Gasteiger partial charge in [0.1, 0.15) is 23.8 Å². The lowest BCUT2D eigenvalue weighted by atomic mass is 9.83. The van der Waals surface area contributed by atoms with E-state index in [9.17, 15) is 27.6 Å². The van der Waals surface area contributed by atoms with Gasteiger partial charge in [-0.2, -0.15) is 13.2 Å². The minimum absolute atomic E-state index is 0.0375. The van der Waals surface area contributed by atoms with Crippen LogP contribution in [0.1, 0.15) is 91.5 Å². The molecular weight excluding hydrogens is 639 g/mol. The second kappa shape index (κ2) is 15.1. The van der Waals surface area contributed by atoms with E-state index >= 15 is 0 Å². The molecule has 2 aromatic rings. The van der Waals surface area contributed by atoms with E-state index in [0.717, 1.165) is 25.1 Å². The van der Waals surface area contributed by atoms with Crippen molar-refractivity contribution in [2.24, 2.45) is 11.8 Å². The summed E-state index contributed by atoms with van der Waals surface area (Å²) in [5.41, 5.74) is -1.05. The average molecular weight is 690 g/mol. The lowest BCUT2D eigenvalue weighted by molar-refractivity contribution is -0.137. The van der Waals surface area contributed by atoms with Crippen molar-refractivity contribution < 1.29 is 32.3 Å². The molecular formula is C35H50F3N7O4. The number of ether oxygens (including phenoxy) is 1. The zero-order valence-corrected chi connectivity index (χ0v) is 29.0. The van der Waals surface area contributed by atoms with Crippen LogP contribution in [0.2, 0.25) is 0 Å². The fourth-order valence-electron chi connectivity index (χ4n) is 7.22. The number of fused-ring (bicyclic) bond motifs is 1. The molecule has 49 heavy (non-hydrogen) atoms. The molecule has 2 aliphatic carbocycles. The zero-order valence-electron chi connectivity index (χ0n) is 29.0. The van der Waals surface area contributed by atoms with E-state index < -0.39 is 29.5 Å².